The number of hydrogen-bond acceptors (Lipinski definition) is 8. The van der Waals surface area contributed by atoms with Crippen LogP contribution in [0.1, 0.15) is 76.3 Å². The molecule has 0 saturated carbocycles. The Bertz CT molecular complexity index is 1580. The monoisotopic (exact) mass is 706 g/mol. The molecule has 0 radical (unpaired) electrons. The molecule has 0 atom stereocenters. The molecule has 0 aromatic heterocycles. The molecule has 0 amide bonds. The standard InChI is InChI=1S/2C18H22O4S.Ca/c2*1-2-3-4-5-7-15-8-6-9-17(14-15)22-16-10-12-18(13-11-16)23(19,20)21;/h2*6,8-14H,2-5,7H2,1H3,(H,19,20,21);/q;;+2/p-2. The van der Waals surface area contributed by atoms with E-state index in [-0.39, 0.29) is 47.5 Å². The van der Waals surface area contributed by atoms with Crippen LogP contribution in [0.3, 0.4) is 0 Å². The third-order valence-corrected chi connectivity index (χ3v) is 8.83. The maximum Gasteiger partial charge on any atom is 2.00 e. The van der Waals surface area contributed by atoms with Gasteiger partial charge in [-0.05, 0) is 110 Å². The van der Waals surface area contributed by atoms with Gasteiger partial charge < -0.3 is 18.6 Å². The summed E-state index contributed by atoms with van der Waals surface area (Å²) in [6.07, 6.45) is 11.8. The first kappa shape index (κ1) is 40.7. The van der Waals surface area contributed by atoms with Gasteiger partial charge in [-0.1, -0.05) is 76.6 Å². The van der Waals surface area contributed by atoms with Crippen LogP contribution in [0, 0.1) is 0 Å². The van der Waals surface area contributed by atoms with Crippen LogP contribution in [0.2, 0.25) is 0 Å². The van der Waals surface area contributed by atoms with Crippen LogP contribution in [-0.4, -0.2) is 63.7 Å². The SMILES string of the molecule is CCCCCCc1cccc(Oc2ccc(S(=O)(=O)[O-])cc2)c1.CCCCCCc1cccc(Oc2ccc(S(=O)(=O)[O-])cc2)c1.[Ca+2]. The van der Waals surface area contributed by atoms with Gasteiger partial charge in [0.1, 0.15) is 43.2 Å². The summed E-state index contributed by atoms with van der Waals surface area (Å²) in [6, 6.07) is 26.7. The van der Waals surface area contributed by atoms with E-state index >= 15 is 0 Å². The zero-order valence-electron chi connectivity index (χ0n) is 27.1. The number of benzene rings is 4. The molecular weight excluding hydrogens is 665 g/mol. The normalized spacial score (nSPS) is 11.1. The fourth-order valence-electron chi connectivity index (χ4n) is 4.66. The van der Waals surface area contributed by atoms with Gasteiger partial charge in [0, 0.05) is 0 Å². The minimum atomic E-state index is -4.42. The van der Waals surface area contributed by atoms with Crippen LogP contribution in [-0.2, 0) is 33.1 Å². The molecule has 0 aliphatic heterocycles. The first-order valence-corrected chi connectivity index (χ1v) is 18.4. The Kier molecular flexibility index (Phi) is 18.0. The molecule has 248 valence electrons. The summed E-state index contributed by atoms with van der Waals surface area (Å²) in [4.78, 5) is -0.510. The van der Waals surface area contributed by atoms with E-state index in [9.17, 15) is 25.9 Å². The largest absolute Gasteiger partial charge is 2.00 e. The average molecular weight is 707 g/mol. The summed E-state index contributed by atoms with van der Waals surface area (Å²) in [7, 11) is -8.84. The van der Waals surface area contributed by atoms with Crippen molar-refractivity contribution in [3.63, 3.8) is 0 Å². The first-order chi connectivity index (χ1) is 22.0. The van der Waals surface area contributed by atoms with E-state index in [2.05, 4.69) is 26.0 Å². The van der Waals surface area contributed by atoms with Crippen molar-refractivity contribution < 1.29 is 35.4 Å². The summed E-state index contributed by atoms with van der Waals surface area (Å²) in [5.41, 5.74) is 2.44. The Morgan fingerprint density at radius 3 is 1.17 bits per heavy atom. The van der Waals surface area contributed by atoms with E-state index in [0.717, 1.165) is 25.7 Å². The molecule has 0 aliphatic carbocycles. The van der Waals surface area contributed by atoms with Crippen molar-refractivity contribution in [1.29, 1.82) is 0 Å². The van der Waals surface area contributed by atoms with E-state index in [4.69, 9.17) is 9.47 Å². The summed E-state index contributed by atoms with van der Waals surface area (Å²) in [6.45, 7) is 4.38. The van der Waals surface area contributed by atoms with E-state index in [1.165, 1.54) is 98.2 Å². The van der Waals surface area contributed by atoms with E-state index in [1.54, 1.807) is 0 Å². The predicted octanol–water partition coefficient (Wildman–Crippen LogP) is 8.63. The molecule has 0 spiro atoms. The summed E-state index contributed by atoms with van der Waals surface area (Å²) >= 11 is 0. The fourth-order valence-corrected chi connectivity index (χ4v) is 5.60. The Balaban J connectivity index is 0.000000320. The number of ether oxygens (including phenoxy) is 2. The summed E-state index contributed by atoms with van der Waals surface area (Å²) in [5.74, 6) is 2.41. The van der Waals surface area contributed by atoms with Gasteiger partial charge in [0.2, 0.25) is 0 Å². The minimum Gasteiger partial charge on any atom is -0.744 e. The van der Waals surface area contributed by atoms with Crippen molar-refractivity contribution in [2.45, 2.75) is 87.8 Å². The second kappa shape index (κ2) is 20.8. The van der Waals surface area contributed by atoms with Gasteiger partial charge in [-0.15, -0.1) is 0 Å². The average Bonchev–Trinajstić information content (AvgIpc) is 3.02. The molecule has 8 nitrogen and oxygen atoms in total. The molecule has 0 bridgehead atoms. The molecule has 0 N–H and O–H groups in total. The molecule has 0 aliphatic rings. The van der Waals surface area contributed by atoms with Crippen molar-refractivity contribution in [2.75, 3.05) is 0 Å². The molecule has 0 unspecified atom stereocenters. The topological polar surface area (TPSA) is 133 Å². The zero-order chi connectivity index (χ0) is 33.4. The molecule has 4 aromatic rings. The molecule has 11 heteroatoms. The Morgan fingerprint density at radius 2 is 0.851 bits per heavy atom. The number of hydrogen-bond donors (Lipinski definition) is 0. The first-order valence-electron chi connectivity index (χ1n) is 15.6. The molecule has 4 rings (SSSR count). The smallest absolute Gasteiger partial charge is 0.744 e. The van der Waals surface area contributed by atoms with E-state index in [0.29, 0.717) is 23.0 Å². The van der Waals surface area contributed by atoms with Crippen LogP contribution >= 0.6 is 0 Å². The van der Waals surface area contributed by atoms with Crippen molar-refractivity contribution in [3.05, 3.63) is 108 Å². The van der Waals surface area contributed by atoms with Crippen molar-refractivity contribution in [1.82, 2.24) is 0 Å². The number of rotatable bonds is 16. The van der Waals surface area contributed by atoms with Crippen molar-refractivity contribution in [2.24, 2.45) is 0 Å². The number of unbranched alkanes of at least 4 members (excludes halogenated alkanes) is 6. The van der Waals surface area contributed by atoms with E-state index in [1.807, 2.05) is 36.4 Å². The van der Waals surface area contributed by atoms with Gasteiger partial charge in [-0.25, -0.2) is 16.8 Å². The molecule has 0 fully saturated rings. The van der Waals surface area contributed by atoms with Crippen LogP contribution in [0.4, 0.5) is 0 Å². The zero-order valence-corrected chi connectivity index (χ0v) is 30.9. The van der Waals surface area contributed by atoms with Gasteiger partial charge >= 0.3 is 37.7 Å². The minimum absolute atomic E-state index is 0. The van der Waals surface area contributed by atoms with Gasteiger partial charge in [-0.2, -0.15) is 0 Å². The second-order valence-electron chi connectivity index (χ2n) is 11.0. The maximum absolute atomic E-state index is 10.9. The Labute approximate surface area is 310 Å². The third-order valence-electron chi connectivity index (χ3n) is 7.13. The van der Waals surface area contributed by atoms with Crippen molar-refractivity contribution in [3.8, 4) is 23.0 Å². The van der Waals surface area contributed by atoms with E-state index < -0.39 is 20.2 Å². The molecule has 0 saturated heterocycles. The molecule has 0 heterocycles. The quantitative estimate of drug-likeness (QED) is 0.0643. The van der Waals surface area contributed by atoms with Crippen LogP contribution in [0.5, 0.6) is 23.0 Å². The summed E-state index contributed by atoms with van der Waals surface area (Å²) in [5, 5.41) is 0. The molecule has 4 aromatic carbocycles. The number of aryl methyl sites for hydroxylation is 2. The fraction of sp³-hybridized carbons (Fsp3) is 0.333. The van der Waals surface area contributed by atoms with Gasteiger partial charge in [0.05, 0.1) is 9.79 Å². The van der Waals surface area contributed by atoms with Crippen LogP contribution in [0.15, 0.2) is 107 Å². The third kappa shape index (κ3) is 15.5. The van der Waals surface area contributed by atoms with Crippen LogP contribution in [0.25, 0.3) is 0 Å². The molecule has 47 heavy (non-hydrogen) atoms. The predicted molar refractivity (Wildman–Crippen MR) is 183 cm³/mol. The Morgan fingerprint density at radius 1 is 0.489 bits per heavy atom. The van der Waals surface area contributed by atoms with Crippen LogP contribution < -0.4 is 9.47 Å². The van der Waals surface area contributed by atoms with Crippen molar-refractivity contribution >= 4 is 58.0 Å². The van der Waals surface area contributed by atoms with Gasteiger partial charge in [0.25, 0.3) is 0 Å². The Hall–Kier alpha value is -2.44. The maximum atomic E-state index is 10.9. The second-order valence-corrected chi connectivity index (χ2v) is 13.7. The summed E-state index contributed by atoms with van der Waals surface area (Å²) < 4.78 is 76.8. The molecular formula is C36H42CaO8S2. The van der Waals surface area contributed by atoms with Gasteiger partial charge in [-0.3, -0.25) is 0 Å². The van der Waals surface area contributed by atoms with Gasteiger partial charge in [0.15, 0.2) is 0 Å².